The lowest BCUT2D eigenvalue weighted by molar-refractivity contribution is -1.01. The van der Waals surface area contributed by atoms with Gasteiger partial charge in [-0.3, -0.25) is 0 Å². The zero-order chi connectivity index (χ0) is 15.7. The molecule has 22 heavy (non-hydrogen) atoms. The van der Waals surface area contributed by atoms with Crippen molar-refractivity contribution < 1.29 is 9.72 Å². The Hall–Kier alpha value is -1.46. The average Bonchev–Trinajstić information content (AvgIpc) is 3.07. The van der Waals surface area contributed by atoms with Crippen LogP contribution in [0.1, 0.15) is 34.1 Å². The van der Waals surface area contributed by atoms with E-state index in [9.17, 15) is 10.4 Å². The predicted molar refractivity (Wildman–Crippen MR) is 78.0 cm³/mol. The van der Waals surface area contributed by atoms with Crippen LogP contribution < -0.4 is 0 Å². The molecule has 4 unspecified atom stereocenters. The number of allylic oxidation sites excluding steroid dienone is 1. The second kappa shape index (κ2) is 3.24. The van der Waals surface area contributed by atoms with Gasteiger partial charge in [-0.15, -0.1) is 0 Å². The highest BCUT2D eigenvalue weighted by molar-refractivity contribution is 5.30. The monoisotopic (exact) mass is 302 g/mol. The van der Waals surface area contributed by atoms with E-state index in [0.717, 1.165) is 16.1 Å². The van der Waals surface area contributed by atoms with Crippen LogP contribution in [0, 0.1) is 39.5 Å². The molecule has 0 saturated heterocycles. The summed E-state index contributed by atoms with van der Waals surface area (Å²) in [6.07, 6.45) is 5.53. The van der Waals surface area contributed by atoms with Crippen LogP contribution in [0.3, 0.4) is 0 Å². The molecule has 0 spiro atoms. The first-order chi connectivity index (χ1) is 10.3. The van der Waals surface area contributed by atoms with Gasteiger partial charge in [-0.1, -0.05) is 12.2 Å². The van der Waals surface area contributed by atoms with Gasteiger partial charge in [0.15, 0.2) is 0 Å². The normalized spacial score (nSPS) is 59.3. The SMILES string of the molecule is CC12C3C4N=N[C@@H](C5CC=C[C@@H]45)[C@@H]3[C@](C)([N+]([O-])=[N+]1[O-])C2(C)C. The summed E-state index contributed by atoms with van der Waals surface area (Å²) < 4.78 is 0. The van der Waals surface area contributed by atoms with Gasteiger partial charge in [0.1, 0.15) is 5.41 Å². The van der Waals surface area contributed by atoms with Crippen LogP contribution in [-0.4, -0.2) is 32.9 Å². The zero-order valence-corrected chi connectivity index (χ0v) is 13.4. The standard InChI is InChI=1S/C16H22N4O2/c1-14(2)15(3)10-11(16(14,4)20(22)19(15)21)13-9-7-5-6-8(9)12(10)17-18-13/h5-6,8-13H,7H2,1-4H3/t8-,9?,10?,11-,12?,13+,15?,16+/m1/s1. The van der Waals surface area contributed by atoms with Crippen LogP contribution in [0.4, 0.5) is 0 Å². The van der Waals surface area contributed by atoms with Gasteiger partial charge in [-0.05, 0) is 26.2 Å². The molecule has 0 amide bonds. The highest BCUT2D eigenvalue weighted by Crippen LogP contribution is 2.71. The summed E-state index contributed by atoms with van der Waals surface area (Å²) in [7, 11) is 0. The van der Waals surface area contributed by atoms with Gasteiger partial charge in [-0.25, -0.2) is 0 Å². The molecular weight excluding hydrogens is 280 g/mol. The Kier molecular flexibility index (Phi) is 1.92. The van der Waals surface area contributed by atoms with Crippen LogP contribution >= 0.6 is 0 Å². The Morgan fingerprint density at radius 2 is 1.50 bits per heavy atom. The summed E-state index contributed by atoms with van der Waals surface area (Å²) in [6.45, 7) is 8.12. The van der Waals surface area contributed by atoms with Crippen LogP contribution in [0.5, 0.6) is 0 Å². The summed E-state index contributed by atoms with van der Waals surface area (Å²) in [6, 6.07) is 0.126. The van der Waals surface area contributed by atoms with E-state index in [1.807, 2.05) is 13.8 Å². The van der Waals surface area contributed by atoms with E-state index in [0.29, 0.717) is 11.8 Å². The van der Waals surface area contributed by atoms with Gasteiger partial charge in [0.05, 0.1) is 23.9 Å². The van der Waals surface area contributed by atoms with Crippen molar-refractivity contribution >= 4 is 0 Å². The number of azo groups is 2. The van der Waals surface area contributed by atoms with E-state index in [1.54, 1.807) is 0 Å². The highest BCUT2D eigenvalue weighted by Gasteiger charge is 2.91. The van der Waals surface area contributed by atoms with E-state index in [4.69, 9.17) is 0 Å². The summed E-state index contributed by atoms with van der Waals surface area (Å²) in [5.74, 6) is 1.10. The minimum Gasteiger partial charge on any atom is -0.567 e. The molecule has 0 aromatic carbocycles. The lowest BCUT2D eigenvalue weighted by Crippen LogP contribution is -2.64. The molecule has 3 aliphatic carbocycles. The molecule has 2 fully saturated rings. The maximum absolute atomic E-state index is 12.8. The molecule has 6 nitrogen and oxygen atoms in total. The minimum atomic E-state index is -0.710. The van der Waals surface area contributed by atoms with E-state index < -0.39 is 16.5 Å². The van der Waals surface area contributed by atoms with Crippen molar-refractivity contribution in [3.05, 3.63) is 22.6 Å². The maximum atomic E-state index is 12.8. The fourth-order valence-electron chi connectivity index (χ4n) is 6.64. The van der Waals surface area contributed by atoms with E-state index in [1.165, 1.54) is 0 Å². The minimum absolute atomic E-state index is 0.0509. The summed E-state index contributed by atoms with van der Waals surface area (Å²) in [4.78, 5) is 1.44. The first-order valence-electron chi connectivity index (χ1n) is 8.29. The molecule has 118 valence electrons. The third-order valence-electron chi connectivity index (χ3n) is 8.34. The summed E-state index contributed by atoms with van der Waals surface area (Å²) >= 11 is 0. The Labute approximate surface area is 129 Å². The molecular formula is C16H22N4O2. The van der Waals surface area contributed by atoms with Gasteiger partial charge in [0, 0.05) is 29.5 Å². The van der Waals surface area contributed by atoms with Crippen molar-refractivity contribution in [3.8, 4) is 0 Å². The van der Waals surface area contributed by atoms with Gasteiger partial charge in [-0.2, -0.15) is 10.2 Å². The number of rotatable bonds is 0. The third kappa shape index (κ3) is 0.902. The quantitative estimate of drug-likeness (QED) is 0.392. The number of hydrogen-bond donors (Lipinski definition) is 0. The molecule has 6 aliphatic rings. The van der Waals surface area contributed by atoms with E-state index in [2.05, 4.69) is 36.2 Å². The fraction of sp³-hybridized carbons (Fsp3) is 0.875. The first kappa shape index (κ1) is 13.0. The fourth-order valence-corrected chi connectivity index (χ4v) is 6.64. The molecule has 0 radical (unpaired) electrons. The van der Waals surface area contributed by atoms with Crippen molar-refractivity contribution in [1.29, 1.82) is 0 Å². The van der Waals surface area contributed by atoms with Crippen molar-refractivity contribution in [1.82, 2.24) is 0 Å². The first-order valence-corrected chi connectivity index (χ1v) is 8.29. The Morgan fingerprint density at radius 1 is 0.955 bits per heavy atom. The molecule has 4 bridgehead atoms. The van der Waals surface area contributed by atoms with Gasteiger partial charge >= 0.3 is 0 Å². The predicted octanol–water partition coefficient (Wildman–Crippen LogP) is 2.67. The zero-order valence-electron chi connectivity index (χ0n) is 13.4. The molecule has 2 saturated carbocycles. The van der Waals surface area contributed by atoms with Crippen LogP contribution in [0.15, 0.2) is 22.4 Å². The molecule has 3 aliphatic heterocycles. The van der Waals surface area contributed by atoms with Crippen LogP contribution in [-0.2, 0) is 0 Å². The number of nitrogens with zero attached hydrogens (tertiary/aromatic N) is 4. The summed E-state index contributed by atoms with van der Waals surface area (Å²) in [5, 5.41) is 34.7. The Balaban J connectivity index is 1.79. The van der Waals surface area contributed by atoms with Crippen LogP contribution in [0.25, 0.3) is 0 Å². The van der Waals surface area contributed by atoms with E-state index >= 15 is 0 Å². The number of fused-ring (bicyclic) bond motifs is 2. The molecule has 0 aromatic heterocycles. The lowest BCUT2D eigenvalue weighted by atomic mass is 9.58. The molecule has 6 heteroatoms. The van der Waals surface area contributed by atoms with Crippen molar-refractivity contribution in [2.75, 3.05) is 0 Å². The Bertz CT molecular complexity index is 684. The number of hydrogen-bond acceptors (Lipinski definition) is 4. The Morgan fingerprint density at radius 3 is 2.14 bits per heavy atom. The van der Waals surface area contributed by atoms with Crippen LogP contribution in [0.2, 0.25) is 0 Å². The largest absolute Gasteiger partial charge is 0.567 e. The second-order valence-electron chi connectivity index (χ2n) is 8.63. The summed E-state index contributed by atoms with van der Waals surface area (Å²) in [5.41, 5.74) is -1.81. The number of hydroxylamine groups is 2. The molecule has 3 heterocycles. The molecule has 0 aromatic rings. The van der Waals surface area contributed by atoms with Crippen molar-refractivity contribution in [3.63, 3.8) is 0 Å². The molecule has 8 atom stereocenters. The van der Waals surface area contributed by atoms with Crippen molar-refractivity contribution in [2.24, 2.45) is 39.3 Å². The van der Waals surface area contributed by atoms with Crippen molar-refractivity contribution in [2.45, 2.75) is 57.3 Å². The third-order valence-corrected chi connectivity index (χ3v) is 8.34. The average molecular weight is 302 g/mol. The second-order valence-corrected chi connectivity index (χ2v) is 8.63. The lowest BCUT2D eigenvalue weighted by Gasteiger charge is -2.50. The van der Waals surface area contributed by atoms with Gasteiger partial charge in [0.2, 0.25) is 0 Å². The molecule has 0 N–H and O–H groups in total. The van der Waals surface area contributed by atoms with E-state index in [-0.39, 0.29) is 23.9 Å². The maximum Gasteiger partial charge on any atom is 0.253 e. The van der Waals surface area contributed by atoms with Gasteiger partial charge < -0.3 is 10.4 Å². The smallest absolute Gasteiger partial charge is 0.253 e. The molecule has 6 rings (SSSR count). The van der Waals surface area contributed by atoms with Gasteiger partial charge in [0.25, 0.3) is 11.1 Å². The highest BCUT2D eigenvalue weighted by atomic mass is 16.6. The topological polar surface area (TPSA) is 76.9 Å².